The fraction of sp³-hybridized carbons (Fsp3) is 0.818. The van der Waals surface area contributed by atoms with Crippen molar-refractivity contribution in [1.82, 2.24) is 0 Å². The highest BCUT2D eigenvalue weighted by Crippen LogP contribution is 2.44. The summed E-state index contributed by atoms with van der Waals surface area (Å²) in [6.45, 7) is 3.73. The molecule has 3 atom stereocenters. The molecule has 1 aliphatic heterocycles. The van der Waals surface area contributed by atoms with Crippen LogP contribution in [0.25, 0.3) is 0 Å². The zero-order valence-electron chi connectivity index (χ0n) is 8.08. The Hall–Kier alpha value is -0.500. The molecule has 2 fully saturated rings. The summed E-state index contributed by atoms with van der Waals surface area (Å²) in [4.78, 5) is 0. The zero-order chi connectivity index (χ0) is 8.89. The van der Waals surface area contributed by atoms with Gasteiger partial charge in [0.15, 0.2) is 0 Å². The van der Waals surface area contributed by atoms with Crippen LogP contribution >= 0.6 is 0 Å². The average molecular weight is 180 g/mol. The van der Waals surface area contributed by atoms with E-state index in [0.29, 0.717) is 0 Å². The van der Waals surface area contributed by atoms with Crippen molar-refractivity contribution in [2.45, 2.75) is 31.8 Å². The Morgan fingerprint density at radius 1 is 1.62 bits per heavy atom. The summed E-state index contributed by atoms with van der Waals surface area (Å²) in [5, 5.41) is 0. The molecule has 0 aromatic carbocycles. The molecule has 0 aromatic heterocycles. The van der Waals surface area contributed by atoms with Gasteiger partial charge >= 0.3 is 0 Å². The summed E-state index contributed by atoms with van der Waals surface area (Å²) in [7, 11) is 0. The second-order valence-corrected chi connectivity index (χ2v) is 4.87. The zero-order valence-corrected chi connectivity index (χ0v) is 8.08. The van der Waals surface area contributed by atoms with Crippen molar-refractivity contribution in [2.75, 3.05) is 13.2 Å². The largest absolute Gasteiger partial charge is 0.495 e. The molecule has 13 heavy (non-hydrogen) atoms. The average Bonchev–Trinajstić information content (AvgIpc) is 2.63. The van der Waals surface area contributed by atoms with Crippen molar-refractivity contribution in [3.05, 3.63) is 11.8 Å². The van der Waals surface area contributed by atoms with E-state index in [9.17, 15) is 0 Å². The lowest BCUT2D eigenvalue weighted by molar-refractivity contribution is 0.122. The minimum Gasteiger partial charge on any atom is -0.495 e. The van der Waals surface area contributed by atoms with E-state index >= 15 is 0 Å². The van der Waals surface area contributed by atoms with Gasteiger partial charge in [-0.05, 0) is 38.2 Å². The molecule has 0 amide bonds. The fourth-order valence-electron chi connectivity index (χ4n) is 2.40. The number of hydrogen-bond donors (Lipinski definition) is 0. The molecule has 72 valence electrons. The Balaban J connectivity index is 1.58. The molecule has 3 rings (SSSR count). The van der Waals surface area contributed by atoms with Gasteiger partial charge in [-0.25, -0.2) is 0 Å². The summed E-state index contributed by atoms with van der Waals surface area (Å²) in [6, 6.07) is 0. The Morgan fingerprint density at radius 3 is 3.00 bits per heavy atom. The maximum Gasteiger partial charge on any atom is 0.123 e. The van der Waals surface area contributed by atoms with Gasteiger partial charge in [0.1, 0.15) is 12.2 Å². The monoisotopic (exact) mass is 180 g/mol. The van der Waals surface area contributed by atoms with Crippen molar-refractivity contribution in [2.24, 2.45) is 11.8 Å². The quantitative estimate of drug-likeness (QED) is 0.620. The van der Waals surface area contributed by atoms with Crippen LogP contribution < -0.4 is 0 Å². The maximum absolute atomic E-state index is 5.80. The molecular formula is C11H16O2. The van der Waals surface area contributed by atoms with Crippen LogP contribution in [0.1, 0.15) is 26.2 Å². The van der Waals surface area contributed by atoms with Crippen molar-refractivity contribution in [3.8, 4) is 0 Å². The minimum absolute atomic E-state index is 0.0443. The van der Waals surface area contributed by atoms with Gasteiger partial charge in [0.25, 0.3) is 0 Å². The molecular weight excluding hydrogens is 164 g/mol. The Bertz CT molecular complexity index is 253. The van der Waals surface area contributed by atoms with E-state index in [2.05, 4.69) is 13.0 Å². The predicted octanol–water partition coefficient (Wildman–Crippen LogP) is 2.11. The van der Waals surface area contributed by atoms with E-state index in [-0.39, 0.29) is 5.60 Å². The molecule has 0 aromatic rings. The van der Waals surface area contributed by atoms with E-state index in [0.717, 1.165) is 25.0 Å². The second kappa shape index (κ2) is 2.50. The molecule has 2 nitrogen and oxygen atoms in total. The molecule has 1 saturated heterocycles. The van der Waals surface area contributed by atoms with Crippen LogP contribution in [0, 0.1) is 11.8 Å². The third-order valence-electron chi connectivity index (χ3n) is 3.46. The van der Waals surface area contributed by atoms with Gasteiger partial charge in [-0.3, -0.25) is 0 Å². The second-order valence-electron chi connectivity index (χ2n) is 4.87. The molecule has 0 radical (unpaired) electrons. The van der Waals surface area contributed by atoms with Crippen LogP contribution in [-0.4, -0.2) is 18.8 Å². The fourth-order valence-corrected chi connectivity index (χ4v) is 2.40. The Morgan fingerprint density at radius 2 is 2.46 bits per heavy atom. The predicted molar refractivity (Wildman–Crippen MR) is 49.2 cm³/mol. The van der Waals surface area contributed by atoms with Crippen LogP contribution in [0.15, 0.2) is 11.8 Å². The van der Waals surface area contributed by atoms with E-state index in [1.54, 1.807) is 0 Å². The number of hydrogen-bond acceptors (Lipinski definition) is 2. The highest BCUT2D eigenvalue weighted by atomic mass is 16.6. The van der Waals surface area contributed by atoms with Gasteiger partial charge < -0.3 is 9.47 Å². The molecule has 2 heteroatoms. The summed E-state index contributed by atoms with van der Waals surface area (Å²) in [5.74, 6) is 2.83. The molecule has 1 heterocycles. The van der Waals surface area contributed by atoms with Crippen molar-refractivity contribution in [1.29, 1.82) is 0 Å². The first-order valence-corrected chi connectivity index (χ1v) is 5.24. The third-order valence-corrected chi connectivity index (χ3v) is 3.46. The first kappa shape index (κ1) is 7.86. The number of epoxide rings is 1. The first-order chi connectivity index (χ1) is 6.25. The van der Waals surface area contributed by atoms with E-state index in [1.807, 2.05) is 0 Å². The van der Waals surface area contributed by atoms with Gasteiger partial charge in [0, 0.05) is 5.92 Å². The molecule has 0 spiro atoms. The standard InChI is InChI=1S/C11H16O2/c1-11(7-13-11)6-12-10-5-8-2-3-9(10)4-8/h5,8-9H,2-4,6-7H2,1H3/t8?,9?,11-/m1/s1. The van der Waals surface area contributed by atoms with Gasteiger partial charge in [-0.1, -0.05) is 0 Å². The van der Waals surface area contributed by atoms with Gasteiger partial charge in [-0.2, -0.15) is 0 Å². The third kappa shape index (κ3) is 1.37. The molecule has 2 unspecified atom stereocenters. The van der Waals surface area contributed by atoms with E-state index in [4.69, 9.17) is 9.47 Å². The number of rotatable bonds is 3. The topological polar surface area (TPSA) is 21.8 Å². The highest BCUT2D eigenvalue weighted by Gasteiger charge is 2.42. The molecule has 0 N–H and O–H groups in total. The maximum atomic E-state index is 5.80. The summed E-state index contributed by atoms with van der Waals surface area (Å²) in [5.41, 5.74) is 0.0443. The van der Waals surface area contributed by atoms with Crippen molar-refractivity contribution < 1.29 is 9.47 Å². The normalized spacial score (nSPS) is 46.4. The SMILES string of the molecule is C[C@@]1(COC2=CC3CCC2C3)CO1. The van der Waals surface area contributed by atoms with Gasteiger partial charge in [0.2, 0.25) is 0 Å². The van der Waals surface area contributed by atoms with Gasteiger partial charge in [0.05, 0.1) is 12.4 Å². The lowest BCUT2D eigenvalue weighted by Gasteiger charge is -2.16. The molecule has 2 aliphatic carbocycles. The van der Waals surface area contributed by atoms with E-state index < -0.39 is 0 Å². The minimum atomic E-state index is 0.0443. The van der Waals surface area contributed by atoms with Crippen molar-refractivity contribution >= 4 is 0 Å². The van der Waals surface area contributed by atoms with Crippen LogP contribution in [-0.2, 0) is 9.47 Å². The molecule has 1 saturated carbocycles. The highest BCUT2D eigenvalue weighted by molar-refractivity contribution is 5.14. The number of allylic oxidation sites excluding steroid dienone is 2. The summed E-state index contributed by atoms with van der Waals surface area (Å²) >= 11 is 0. The van der Waals surface area contributed by atoms with Gasteiger partial charge in [-0.15, -0.1) is 0 Å². The van der Waals surface area contributed by atoms with Crippen molar-refractivity contribution in [3.63, 3.8) is 0 Å². The first-order valence-electron chi connectivity index (χ1n) is 5.24. The lowest BCUT2D eigenvalue weighted by Crippen LogP contribution is -2.16. The summed E-state index contributed by atoms with van der Waals surface area (Å²) < 4.78 is 11.1. The lowest BCUT2D eigenvalue weighted by atomic mass is 10.1. The van der Waals surface area contributed by atoms with Crippen LogP contribution in [0.2, 0.25) is 0 Å². The summed E-state index contributed by atoms with van der Waals surface area (Å²) in [6.07, 6.45) is 6.40. The molecule has 2 bridgehead atoms. The number of ether oxygens (including phenoxy) is 2. The Kier molecular flexibility index (Phi) is 1.51. The Labute approximate surface area is 78.9 Å². The van der Waals surface area contributed by atoms with Crippen LogP contribution in [0.3, 0.4) is 0 Å². The van der Waals surface area contributed by atoms with Crippen LogP contribution in [0.4, 0.5) is 0 Å². The smallest absolute Gasteiger partial charge is 0.123 e. The molecule has 3 aliphatic rings. The van der Waals surface area contributed by atoms with Crippen LogP contribution in [0.5, 0.6) is 0 Å². The van der Waals surface area contributed by atoms with E-state index in [1.165, 1.54) is 25.0 Å². The number of fused-ring (bicyclic) bond motifs is 2.